The summed E-state index contributed by atoms with van der Waals surface area (Å²) in [5.74, 6) is 0.885. The minimum Gasteiger partial charge on any atom is -1.00 e. The third-order valence-electron chi connectivity index (χ3n) is 3.25. The van der Waals surface area contributed by atoms with E-state index in [0.29, 0.717) is 0 Å². The molecule has 4 nitrogen and oxygen atoms in total. The van der Waals surface area contributed by atoms with Crippen molar-refractivity contribution in [2.24, 2.45) is 0 Å². The standard InChI is InChI=1S/C17H16N2O2.ClH/c1-12(20)19-15-8-6-14(7-9-15)18-11-16-10-13-4-2-3-5-17(13)21-16;/h2-10,18H,11H2,1H3,(H,19,20);1H. The Balaban J connectivity index is 0.00000176. The molecule has 0 bridgehead atoms. The Hall–Kier alpha value is -2.30. The molecule has 0 spiro atoms. The van der Waals surface area contributed by atoms with Gasteiger partial charge in [0.05, 0.1) is 0 Å². The van der Waals surface area contributed by atoms with Crippen LogP contribution < -0.4 is 23.0 Å². The Morgan fingerprint density at radius 2 is 1.86 bits per heavy atom. The Bertz CT molecular complexity index is 733. The number of nitrogens with two attached hydrogens (primary N) is 1. The number of para-hydroxylation sites is 1. The molecule has 22 heavy (non-hydrogen) atoms. The maximum atomic E-state index is 11.0. The van der Waals surface area contributed by atoms with Gasteiger partial charge in [-0.05, 0) is 24.3 Å². The first kappa shape index (κ1) is 16.1. The summed E-state index contributed by atoms with van der Waals surface area (Å²) in [7, 11) is 0. The summed E-state index contributed by atoms with van der Waals surface area (Å²) < 4.78 is 5.78. The number of furan rings is 1. The highest BCUT2D eigenvalue weighted by Crippen LogP contribution is 2.18. The highest BCUT2D eigenvalue weighted by Gasteiger charge is 2.05. The number of carbonyl (C=O) groups excluding carboxylic acids is 1. The molecule has 0 aliphatic carbocycles. The van der Waals surface area contributed by atoms with E-state index in [9.17, 15) is 4.79 Å². The number of hydrogen-bond donors (Lipinski definition) is 2. The summed E-state index contributed by atoms with van der Waals surface area (Å²) in [6, 6.07) is 17.8. The second-order valence-electron chi connectivity index (χ2n) is 4.96. The normalized spacial score (nSPS) is 10.2. The molecule has 0 aliphatic heterocycles. The van der Waals surface area contributed by atoms with E-state index in [1.54, 1.807) is 0 Å². The molecule has 1 amide bonds. The van der Waals surface area contributed by atoms with E-state index in [2.05, 4.69) is 16.7 Å². The van der Waals surface area contributed by atoms with Gasteiger partial charge in [-0.15, -0.1) is 0 Å². The summed E-state index contributed by atoms with van der Waals surface area (Å²) in [5, 5.41) is 5.99. The molecule has 1 aromatic heterocycles. The first-order chi connectivity index (χ1) is 10.2. The number of amides is 1. The van der Waals surface area contributed by atoms with Gasteiger partial charge in [-0.2, -0.15) is 0 Å². The molecular weight excluding hydrogens is 300 g/mol. The zero-order valence-electron chi connectivity index (χ0n) is 12.2. The SMILES string of the molecule is CC(=O)Nc1ccc([NH2+]Cc2cc3ccccc3o2)cc1.[Cl-]. The minimum absolute atomic E-state index is 0. The van der Waals surface area contributed by atoms with Gasteiger partial charge in [0.25, 0.3) is 0 Å². The van der Waals surface area contributed by atoms with Crippen LogP contribution in [0, 0.1) is 0 Å². The zero-order chi connectivity index (χ0) is 14.7. The average molecular weight is 317 g/mol. The predicted molar refractivity (Wildman–Crippen MR) is 82.2 cm³/mol. The number of rotatable bonds is 4. The van der Waals surface area contributed by atoms with Crippen LogP contribution in [0.2, 0.25) is 0 Å². The lowest BCUT2D eigenvalue weighted by atomic mass is 10.2. The van der Waals surface area contributed by atoms with Gasteiger partial charge in [0.2, 0.25) is 5.91 Å². The smallest absolute Gasteiger partial charge is 0.221 e. The van der Waals surface area contributed by atoms with Gasteiger partial charge in [0.1, 0.15) is 17.8 Å². The van der Waals surface area contributed by atoms with Crippen molar-refractivity contribution >= 4 is 28.3 Å². The third-order valence-corrected chi connectivity index (χ3v) is 3.25. The van der Waals surface area contributed by atoms with E-state index in [-0.39, 0.29) is 18.3 Å². The third kappa shape index (κ3) is 3.87. The first-order valence-corrected chi connectivity index (χ1v) is 6.89. The number of carbonyl (C=O) groups is 1. The van der Waals surface area contributed by atoms with Gasteiger partial charge in [-0.3, -0.25) is 4.79 Å². The van der Waals surface area contributed by atoms with Gasteiger partial charge < -0.3 is 27.5 Å². The summed E-state index contributed by atoms with van der Waals surface area (Å²) in [6.45, 7) is 2.25. The second kappa shape index (κ2) is 7.11. The number of anilines is 1. The lowest BCUT2D eigenvalue weighted by molar-refractivity contribution is -0.590. The molecule has 2 aromatic carbocycles. The van der Waals surface area contributed by atoms with Crippen molar-refractivity contribution in [2.45, 2.75) is 13.5 Å². The number of benzene rings is 2. The summed E-state index contributed by atoms with van der Waals surface area (Å²) >= 11 is 0. The Labute approximate surface area is 134 Å². The molecule has 0 atom stereocenters. The quantitative estimate of drug-likeness (QED) is 0.655. The van der Waals surface area contributed by atoms with Crippen molar-refractivity contribution in [3.05, 3.63) is 60.4 Å². The van der Waals surface area contributed by atoms with Gasteiger partial charge >= 0.3 is 0 Å². The van der Waals surface area contributed by atoms with Crippen LogP contribution in [0.3, 0.4) is 0 Å². The van der Waals surface area contributed by atoms with E-state index in [1.165, 1.54) is 6.92 Å². The maximum Gasteiger partial charge on any atom is 0.221 e. The molecule has 0 saturated heterocycles. The van der Waals surface area contributed by atoms with E-state index in [0.717, 1.165) is 34.6 Å². The maximum absolute atomic E-state index is 11.0. The van der Waals surface area contributed by atoms with Crippen LogP contribution in [0.25, 0.3) is 11.0 Å². The zero-order valence-corrected chi connectivity index (χ0v) is 12.9. The number of hydrogen-bond acceptors (Lipinski definition) is 2. The molecule has 0 saturated carbocycles. The number of fused-ring (bicyclic) bond motifs is 1. The second-order valence-corrected chi connectivity index (χ2v) is 4.96. The van der Waals surface area contributed by atoms with E-state index < -0.39 is 0 Å². The topological polar surface area (TPSA) is 58.9 Å². The molecule has 1 heterocycles. The van der Waals surface area contributed by atoms with Crippen LogP contribution in [-0.2, 0) is 11.3 Å². The lowest BCUT2D eigenvalue weighted by Gasteiger charge is -2.02. The highest BCUT2D eigenvalue weighted by atomic mass is 35.5. The largest absolute Gasteiger partial charge is 1.00 e. The average Bonchev–Trinajstić information content (AvgIpc) is 2.89. The van der Waals surface area contributed by atoms with Crippen LogP contribution in [0.5, 0.6) is 0 Å². The minimum atomic E-state index is -0.0611. The number of nitrogens with one attached hydrogen (secondary N) is 1. The highest BCUT2D eigenvalue weighted by molar-refractivity contribution is 5.88. The Morgan fingerprint density at radius 1 is 1.14 bits per heavy atom. The van der Waals surface area contributed by atoms with Crippen LogP contribution in [0.15, 0.2) is 59.0 Å². The van der Waals surface area contributed by atoms with E-state index >= 15 is 0 Å². The molecule has 3 rings (SSSR count). The van der Waals surface area contributed by atoms with Crippen molar-refractivity contribution in [3.8, 4) is 0 Å². The first-order valence-electron chi connectivity index (χ1n) is 6.89. The molecular formula is C17H17ClN2O2. The van der Waals surface area contributed by atoms with Crippen LogP contribution in [0.1, 0.15) is 12.7 Å². The lowest BCUT2D eigenvalue weighted by Crippen LogP contribution is -3.00. The molecule has 3 N–H and O–H groups in total. The fraction of sp³-hybridized carbons (Fsp3) is 0.118. The van der Waals surface area contributed by atoms with Crippen molar-refractivity contribution in [1.29, 1.82) is 0 Å². The molecule has 114 valence electrons. The Morgan fingerprint density at radius 3 is 2.55 bits per heavy atom. The molecule has 0 unspecified atom stereocenters. The van der Waals surface area contributed by atoms with Crippen molar-refractivity contribution in [2.75, 3.05) is 5.32 Å². The summed E-state index contributed by atoms with van der Waals surface area (Å²) in [5.41, 5.74) is 2.83. The van der Waals surface area contributed by atoms with Gasteiger partial charge in [0.15, 0.2) is 5.76 Å². The van der Waals surface area contributed by atoms with E-state index in [4.69, 9.17) is 4.42 Å². The molecule has 3 aromatic rings. The van der Waals surface area contributed by atoms with Crippen molar-refractivity contribution < 1.29 is 26.9 Å². The summed E-state index contributed by atoms with van der Waals surface area (Å²) in [4.78, 5) is 11.0. The molecule has 5 heteroatoms. The summed E-state index contributed by atoms with van der Waals surface area (Å²) in [6.07, 6.45) is 0. The van der Waals surface area contributed by atoms with Crippen LogP contribution >= 0.6 is 0 Å². The van der Waals surface area contributed by atoms with Gasteiger partial charge in [0, 0.05) is 30.1 Å². The monoisotopic (exact) mass is 316 g/mol. The molecule has 0 aliphatic rings. The van der Waals surface area contributed by atoms with Gasteiger partial charge in [-0.1, -0.05) is 18.2 Å². The molecule has 0 fully saturated rings. The van der Waals surface area contributed by atoms with Crippen molar-refractivity contribution in [1.82, 2.24) is 0 Å². The van der Waals surface area contributed by atoms with Crippen LogP contribution in [0.4, 0.5) is 11.4 Å². The number of quaternary nitrogens is 1. The number of halogens is 1. The molecule has 0 radical (unpaired) electrons. The predicted octanol–water partition coefficient (Wildman–Crippen LogP) is -0.210. The Kier molecular flexibility index (Phi) is 5.20. The van der Waals surface area contributed by atoms with Crippen molar-refractivity contribution in [3.63, 3.8) is 0 Å². The fourth-order valence-corrected chi connectivity index (χ4v) is 2.26. The van der Waals surface area contributed by atoms with Crippen LogP contribution in [-0.4, -0.2) is 5.91 Å². The fourth-order valence-electron chi connectivity index (χ4n) is 2.26. The van der Waals surface area contributed by atoms with Gasteiger partial charge in [-0.25, -0.2) is 0 Å². The van der Waals surface area contributed by atoms with E-state index in [1.807, 2.05) is 48.5 Å².